The summed E-state index contributed by atoms with van der Waals surface area (Å²) in [5.41, 5.74) is 0.752. The number of carboxylic acids is 1. The molecule has 0 bridgehead atoms. The van der Waals surface area contributed by atoms with Crippen LogP contribution in [0, 0.1) is 0 Å². The van der Waals surface area contributed by atoms with Gasteiger partial charge >= 0.3 is 11.9 Å². The van der Waals surface area contributed by atoms with Crippen LogP contribution in [0.1, 0.15) is 12.0 Å². The van der Waals surface area contributed by atoms with Crippen LogP contribution in [0.15, 0.2) is 35.9 Å². The molecule has 0 aromatic heterocycles. The minimum Gasteiger partial charge on any atom is -0.478 e. The van der Waals surface area contributed by atoms with E-state index in [2.05, 4.69) is 4.74 Å². The zero-order valence-corrected chi connectivity index (χ0v) is 8.84. The summed E-state index contributed by atoms with van der Waals surface area (Å²) in [6.07, 6.45) is 1.22. The molecule has 0 aliphatic rings. The predicted molar refractivity (Wildman–Crippen MR) is 58.7 cm³/mol. The molecule has 1 aromatic carbocycles. The third-order valence-corrected chi connectivity index (χ3v) is 1.98. The Kier molecular flexibility index (Phi) is 4.27. The van der Waals surface area contributed by atoms with Gasteiger partial charge in [0.15, 0.2) is 0 Å². The molecule has 0 unspecified atom stereocenters. The first-order chi connectivity index (χ1) is 7.63. The zero-order chi connectivity index (χ0) is 12.0. The van der Waals surface area contributed by atoms with E-state index >= 15 is 0 Å². The van der Waals surface area contributed by atoms with Gasteiger partial charge in [0.05, 0.1) is 13.5 Å². The molecule has 0 amide bonds. The van der Waals surface area contributed by atoms with Crippen LogP contribution in [0.5, 0.6) is 0 Å². The monoisotopic (exact) mass is 220 g/mol. The van der Waals surface area contributed by atoms with Gasteiger partial charge < -0.3 is 9.84 Å². The topological polar surface area (TPSA) is 63.6 Å². The van der Waals surface area contributed by atoms with Gasteiger partial charge in [-0.2, -0.15) is 0 Å². The van der Waals surface area contributed by atoms with Crippen molar-refractivity contribution in [3.8, 4) is 0 Å². The molecule has 0 saturated heterocycles. The van der Waals surface area contributed by atoms with Gasteiger partial charge in [-0.05, 0) is 11.6 Å². The molecule has 4 nitrogen and oxygen atoms in total. The number of aliphatic carboxylic acids is 1. The van der Waals surface area contributed by atoms with Gasteiger partial charge in [0, 0.05) is 5.57 Å². The summed E-state index contributed by atoms with van der Waals surface area (Å²) in [5.74, 6) is -1.68. The smallest absolute Gasteiger partial charge is 0.332 e. The highest BCUT2D eigenvalue weighted by Gasteiger charge is 2.12. The maximum absolute atomic E-state index is 11.0. The highest BCUT2D eigenvalue weighted by atomic mass is 16.5. The number of esters is 1. The molecule has 1 rings (SSSR count). The average Bonchev–Trinajstić information content (AvgIpc) is 2.29. The molecule has 0 saturated carbocycles. The number of hydrogen-bond acceptors (Lipinski definition) is 3. The molecule has 84 valence electrons. The SMILES string of the molecule is COC(=O)C/C(=C\c1ccccc1)C(=O)O. The van der Waals surface area contributed by atoms with E-state index in [-0.39, 0.29) is 12.0 Å². The first-order valence-electron chi connectivity index (χ1n) is 4.69. The van der Waals surface area contributed by atoms with E-state index in [4.69, 9.17) is 5.11 Å². The Balaban J connectivity index is 2.90. The van der Waals surface area contributed by atoms with Crippen LogP contribution >= 0.6 is 0 Å². The largest absolute Gasteiger partial charge is 0.478 e. The van der Waals surface area contributed by atoms with Crippen molar-refractivity contribution in [1.82, 2.24) is 0 Å². The standard InChI is InChI=1S/C12H12O4/c1-16-11(13)8-10(12(14)15)7-9-5-3-2-4-6-9/h2-7H,8H2,1H3,(H,14,15)/b10-7+. The van der Waals surface area contributed by atoms with E-state index in [1.54, 1.807) is 24.3 Å². The molecule has 0 spiro atoms. The Labute approximate surface area is 93.2 Å². The van der Waals surface area contributed by atoms with Crippen LogP contribution in [-0.4, -0.2) is 24.2 Å². The predicted octanol–water partition coefficient (Wildman–Crippen LogP) is 1.72. The summed E-state index contributed by atoms with van der Waals surface area (Å²) in [6.45, 7) is 0. The number of hydrogen-bond donors (Lipinski definition) is 1. The van der Waals surface area contributed by atoms with E-state index in [0.717, 1.165) is 5.56 Å². The first-order valence-corrected chi connectivity index (χ1v) is 4.69. The molecular weight excluding hydrogens is 208 g/mol. The van der Waals surface area contributed by atoms with Crippen molar-refractivity contribution in [2.75, 3.05) is 7.11 Å². The van der Waals surface area contributed by atoms with Gasteiger partial charge in [0.2, 0.25) is 0 Å². The summed E-state index contributed by atoms with van der Waals surface area (Å²) in [6, 6.07) is 8.95. The highest BCUT2D eigenvalue weighted by molar-refractivity contribution is 5.97. The molecule has 1 aromatic rings. The lowest BCUT2D eigenvalue weighted by atomic mass is 10.1. The lowest BCUT2D eigenvalue weighted by molar-refractivity contribution is -0.142. The number of carboxylic acid groups (broad SMARTS) is 1. The van der Waals surface area contributed by atoms with E-state index in [9.17, 15) is 9.59 Å². The normalized spacial score (nSPS) is 10.9. The van der Waals surface area contributed by atoms with Gasteiger partial charge in [0.1, 0.15) is 0 Å². The van der Waals surface area contributed by atoms with E-state index < -0.39 is 11.9 Å². The number of carbonyl (C=O) groups excluding carboxylic acids is 1. The quantitative estimate of drug-likeness (QED) is 0.619. The van der Waals surface area contributed by atoms with Crippen LogP contribution in [0.25, 0.3) is 6.08 Å². The summed E-state index contributed by atoms with van der Waals surface area (Å²) in [5, 5.41) is 8.90. The average molecular weight is 220 g/mol. The van der Waals surface area contributed by atoms with Gasteiger partial charge in [0.25, 0.3) is 0 Å². The van der Waals surface area contributed by atoms with Gasteiger partial charge in [-0.15, -0.1) is 0 Å². The Morgan fingerprint density at radius 2 is 1.94 bits per heavy atom. The second-order valence-electron chi connectivity index (χ2n) is 3.14. The maximum atomic E-state index is 11.0. The van der Waals surface area contributed by atoms with Crippen molar-refractivity contribution in [3.63, 3.8) is 0 Å². The van der Waals surface area contributed by atoms with Crippen molar-refractivity contribution >= 4 is 18.0 Å². The Bertz CT molecular complexity index is 406. The summed E-state index contributed by atoms with van der Waals surface area (Å²) < 4.78 is 4.43. The molecule has 16 heavy (non-hydrogen) atoms. The number of benzene rings is 1. The number of ether oxygens (including phenoxy) is 1. The molecule has 1 N–H and O–H groups in total. The fourth-order valence-corrected chi connectivity index (χ4v) is 1.17. The molecule has 0 heterocycles. The summed E-state index contributed by atoms with van der Waals surface area (Å²) in [4.78, 5) is 21.9. The third-order valence-electron chi connectivity index (χ3n) is 1.98. The number of rotatable bonds is 4. The fourth-order valence-electron chi connectivity index (χ4n) is 1.17. The lowest BCUT2D eigenvalue weighted by Crippen LogP contribution is -2.08. The van der Waals surface area contributed by atoms with Crippen molar-refractivity contribution in [1.29, 1.82) is 0 Å². The Hall–Kier alpha value is -2.10. The van der Waals surface area contributed by atoms with E-state index in [1.165, 1.54) is 13.2 Å². The van der Waals surface area contributed by atoms with E-state index in [0.29, 0.717) is 0 Å². The second kappa shape index (κ2) is 5.70. The lowest BCUT2D eigenvalue weighted by Gasteiger charge is -2.01. The molecule has 0 aliphatic carbocycles. The molecule has 0 fully saturated rings. The number of carbonyl (C=O) groups is 2. The van der Waals surface area contributed by atoms with Gasteiger partial charge in [-0.1, -0.05) is 30.3 Å². The Morgan fingerprint density at radius 3 is 2.44 bits per heavy atom. The molecule has 0 radical (unpaired) electrons. The molecular formula is C12H12O4. The third kappa shape index (κ3) is 3.57. The van der Waals surface area contributed by atoms with Crippen molar-refractivity contribution in [2.45, 2.75) is 6.42 Å². The van der Waals surface area contributed by atoms with Crippen LogP contribution in [0.4, 0.5) is 0 Å². The minimum atomic E-state index is -1.12. The Morgan fingerprint density at radius 1 is 1.31 bits per heavy atom. The van der Waals surface area contributed by atoms with Crippen molar-refractivity contribution in [2.24, 2.45) is 0 Å². The van der Waals surface area contributed by atoms with Crippen LogP contribution in [0.2, 0.25) is 0 Å². The highest BCUT2D eigenvalue weighted by Crippen LogP contribution is 2.10. The molecule has 4 heteroatoms. The van der Waals surface area contributed by atoms with Gasteiger partial charge in [-0.25, -0.2) is 4.79 Å². The molecule has 0 aliphatic heterocycles. The fraction of sp³-hybridized carbons (Fsp3) is 0.167. The van der Waals surface area contributed by atoms with E-state index in [1.807, 2.05) is 6.07 Å². The molecule has 0 atom stereocenters. The van der Waals surface area contributed by atoms with Crippen LogP contribution in [0.3, 0.4) is 0 Å². The summed E-state index contributed by atoms with van der Waals surface area (Å²) in [7, 11) is 1.23. The van der Waals surface area contributed by atoms with Crippen molar-refractivity contribution in [3.05, 3.63) is 41.5 Å². The number of methoxy groups -OCH3 is 1. The van der Waals surface area contributed by atoms with Gasteiger partial charge in [-0.3, -0.25) is 4.79 Å². The summed E-state index contributed by atoms with van der Waals surface area (Å²) >= 11 is 0. The second-order valence-corrected chi connectivity index (χ2v) is 3.14. The maximum Gasteiger partial charge on any atom is 0.332 e. The zero-order valence-electron chi connectivity index (χ0n) is 8.84. The van der Waals surface area contributed by atoms with Crippen molar-refractivity contribution < 1.29 is 19.4 Å². The first kappa shape index (κ1) is 12.0. The van der Waals surface area contributed by atoms with Crippen LogP contribution < -0.4 is 0 Å². The van der Waals surface area contributed by atoms with Crippen LogP contribution in [-0.2, 0) is 14.3 Å². The minimum absolute atomic E-state index is 0.0121.